The van der Waals surface area contributed by atoms with Crippen LogP contribution in [0.2, 0.25) is 0 Å². The van der Waals surface area contributed by atoms with Crippen molar-refractivity contribution in [2.75, 3.05) is 25.0 Å². The molecule has 2 N–H and O–H groups in total. The fourth-order valence-corrected chi connectivity index (χ4v) is 2.64. The van der Waals surface area contributed by atoms with E-state index in [9.17, 15) is 9.59 Å². The summed E-state index contributed by atoms with van der Waals surface area (Å²) in [4.78, 5) is 24.7. The lowest BCUT2D eigenvalue weighted by atomic mass is 10.2. The Morgan fingerprint density at radius 3 is 2.65 bits per heavy atom. The maximum absolute atomic E-state index is 11.9. The molecule has 0 unspecified atom stereocenters. The zero-order chi connectivity index (χ0) is 15.0. The molecule has 20 heavy (non-hydrogen) atoms. The fourth-order valence-electron chi connectivity index (χ4n) is 1.64. The van der Waals surface area contributed by atoms with Gasteiger partial charge in [0, 0.05) is 17.8 Å². The van der Waals surface area contributed by atoms with Gasteiger partial charge in [-0.05, 0) is 26.0 Å². The minimum Gasteiger partial charge on any atom is -0.462 e. The quantitative estimate of drug-likeness (QED) is 0.571. The Kier molecular flexibility index (Phi) is 7.25. The number of hydrogen-bond acceptors (Lipinski definition) is 5. The van der Waals surface area contributed by atoms with E-state index in [1.165, 1.54) is 11.3 Å². The average molecular weight is 298 g/mol. The molecule has 1 heterocycles. The summed E-state index contributed by atoms with van der Waals surface area (Å²) in [6.45, 7) is 7.55. The van der Waals surface area contributed by atoms with Crippen LogP contribution in [0.25, 0.3) is 0 Å². The van der Waals surface area contributed by atoms with Crippen LogP contribution in [0.15, 0.2) is 6.07 Å². The van der Waals surface area contributed by atoms with Crippen molar-refractivity contribution in [1.82, 2.24) is 5.32 Å². The van der Waals surface area contributed by atoms with Gasteiger partial charge in [0.2, 0.25) is 5.91 Å². The van der Waals surface area contributed by atoms with Gasteiger partial charge in [0.15, 0.2) is 0 Å². The molecule has 6 heteroatoms. The molecule has 0 aliphatic rings. The van der Waals surface area contributed by atoms with Crippen molar-refractivity contribution in [3.63, 3.8) is 0 Å². The fraction of sp³-hybridized carbons (Fsp3) is 0.571. The molecule has 0 fully saturated rings. The van der Waals surface area contributed by atoms with Gasteiger partial charge in [-0.2, -0.15) is 0 Å². The summed E-state index contributed by atoms with van der Waals surface area (Å²) >= 11 is 1.43. The molecule has 112 valence electrons. The van der Waals surface area contributed by atoms with Crippen molar-refractivity contribution in [2.45, 2.75) is 33.6 Å². The first kappa shape index (κ1) is 16.7. The van der Waals surface area contributed by atoms with Crippen LogP contribution in [0.4, 0.5) is 5.00 Å². The van der Waals surface area contributed by atoms with Crippen LogP contribution in [0.1, 0.15) is 42.4 Å². The largest absolute Gasteiger partial charge is 0.462 e. The van der Waals surface area contributed by atoms with Gasteiger partial charge in [0.1, 0.15) is 5.00 Å². The molecule has 0 saturated heterocycles. The number of carbonyl (C=O) groups is 2. The van der Waals surface area contributed by atoms with E-state index >= 15 is 0 Å². The highest BCUT2D eigenvalue weighted by Gasteiger charge is 2.18. The predicted octanol–water partition coefficient (Wildman–Crippen LogP) is 2.43. The van der Waals surface area contributed by atoms with Crippen molar-refractivity contribution >= 4 is 28.2 Å². The van der Waals surface area contributed by atoms with Gasteiger partial charge in [-0.25, -0.2) is 4.79 Å². The zero-order valence-corrected chi connectivity index (χ0v) is 13.1. The number of rotatable bonds is 8. The van der Waals surface area contributed by atoms with Crippen molar-refractivity contribution < 1.29 is 14.3 Å². The summed E-state index contributed by atoms with van der Waals surface area (Å²) in [5, 5.41) is 6.48. The standard InChI is InChI=1S/C14H22N2O3S/c1-4-10-9-11(14(18)19-6-3)13(20-10)16-12(17)7-8-15-5-2/h9,15H,4-8H2,1-3H3,(H,16,17). The number of esters is 1. The van der Waals surface area contributed by atoms with Crippen LogP contribution in [0, 0.1) is 0 Å². The van der Waals surface area contributed by atoms with Gasteiger partial charge in [-0.3, -0.25) is 4.79 Å². The summed E-state index contributed by atoms with van der Waals surface area (Å²) in [7, 11) is 0. The van der Waals surface area contributed by atoms with Crippen molar-refractivity contribution in [3.05, 3.63) is 16.5 Å². The molecule has 0 bridgehead atoms. The molecular formula is C14H22N2O3S. The monoisotopic (exact) mass is 298 g/mol. The molecule has 5 nitrogen and oxygen atoms in total. The number of ether oxygens (including phenoxy) is 1. The number of thiophene rings is 1. The highest BCUT2D eigenvalue weighted by Crippen LogP contribution is 2.29. The van der Waals surface area contributed by atoms with Crippen LogP contribution in [-0.2, 0) is 16.0 Å². The Labute approximate surface area is 123 Å². The van der Waals surface area contributed by atoms with E-state index in [1.807, 2.05) is 13.8 Å². The third-order valence-electron chi connectivity index (χ3n) is 2.66. The summed E-state index contributed by atoms with van der Waals surface area (Å²) in [5.74, 6) is -0.480. The predicted molar refractivity (Wildman–Crippen MR) is 81.4 cm³/mol. The number of amides is 1. The smallest absolute Gasteiger partial charge is 0.341 e. The lowest BCUT2D eigenvalue weighted by molar-refractivity contribution is -0.116. The van der Waals surface area contributed by atoms with Gasteiger partial charge in [0.05, 0.1) is 12.2 Å². The summed E-state index contributed by atoms with van der Waals surface area (Å²) in [6, 6.07) is 1.79. The molecule has 0 aromatic carbocycles. The van der Waals surface area contributed by atoms with E-state index in [4.69, 9.17) is 4.74 Å². The van der Waals surface area contributed by atoms with Gasteiger partial charge >= 0.3 is 5.97 Å². The maximum Gasteiger partial charge on any atom is 0.341 e. The van der Waals surface area contributed by atoms with Crippen LogP contribution in [-0.4, -0.2) is 31.6 Å². The van der Waals surface area contributed by atoms with Gasteiger partial charge in [0.25, 0.3) is 0 Å². The highest BCUT2D eigenvalue weighted by molar-refractivity contribution is 7.16. The lowest BCUT2D eigenvalue weighted by Crippen LogP contribution is -2.21. The van der Waals surface area contributed by atoms with Crippen LogP contribution < -0.4 is 10.6 Å². The molecule has 1 aromatic rings. The Hall–Kier alpha value is -1.40. The average Bonchev–Trinajstić information content (AvgIpc) is 2.82. The third kappa shape index (κ3) is 4.94. The van der Waals surface area contributed by atoms with Gasteiger partial charge in [-0.1, -0.05) is 13.8 Å². The molecule has 0 radical (unpaired) electrons. The van der Waals surface area contributed by atoms with Crippen LogP contribution in [0.3, 0.4) is 0 Å². The number of hydrogen-bond donors (Lipinski definition) is 2. The van der Waals surface area contributed by atoms with E-state index < -0.39 is 0 Å². The lowest BCUT2D eigenvalue weighted by Gasteiger charge is -2.06. The summed E-state index contributed by atoms with van der Waals surface area (Å²) < 4.78 is 5.01. The van der Waals surface area contributed by atoms with E-state index in [0.29, 0.717) is 30.1 Å². The third-order valence-corrected chi connectivity index (χ3v) is 3.85. The zero-order valence-electron chi connectivity index (χ0n) is 12.2. The number of aryl methyl sites for hydroxylation is 1. The topological polar surface area (TPSA) is 67.4 Å². The van der Waals surface area contributed by atoms with Crippen molar-refractivity contribution in [2.24, 2.45) is 0 Å². The van der Waals surface area contributed by atoms with Crippen molar-refractivity contribution in [3.8, 4) is 0 Å². The maximum atomic E-state index is 11.9. The summed E-state index contributed by atoms with van der Waals surface area (Å²) in [5.41, 5.74) is 0.450. The molecular weight excluding hydrogens is 276 g/mol. The molecule has 1 aromatic heterocycles. The molecule has 0 saturated carbocycles. The molecule has 0 aliphatic heterocycles. The van der Waals surface area contributed by atoms with E-state index in [1.54, 1.807) is 13.0 Å². The minimum absolute atomic E-state index is 0.0963. The minimum atomic E-state index is -0.384. The normalized spacial score (nSPS) is 10.3. The van der Waals surface area contributed by atoms with E-state index in [2.05, 4.69) is 10.6 Å². The van der Waals surface area contributed by atoms with E-state index in [0.717, 1.165) is 17.8 Å². The first-order valence-electron chi connectivity index (χ1n) is 6.92. The first-order chi connectivity index (χ1) is 9.62. The molecule has 1 amide bonds. The Bertz CT molecular complexity index is 457. The second-order valence-electron chi connectivity index (χ2n) is 4.18. The second-order valence-corrected chi connectivity index (χ2v) is 5.32. The van der Waals surface area contributed by atoms with E-state index in [-0.39, 0.29) is 11.9 Å². The number of anilines is 1. The first-order valence-corrected chi connectivity index (χ1v) is 7.74. The highest BCUT2D eigenvalue weighted by atomic mass is 32.1. The van der Waals surface area contributed by atoms with Crippen LogP contribution >= 0.6 is 11.3 Å². The molecule has 0 atom stereocenters. The molecule has 0 aliphatic carbocycles. The van der Waals surface area contributed by atoms with Gasteiger partial charge in [-0.15, -0.1) is 11.3 Å². The Balaban J connectivity index is 2.74. The molecule has 0 spiro atoms. The van der Waals surface area contributed by atoms with Crippen molar-refractivity contribution in [1.29, 1.82) is 0 Å². The SMILES string of the molecule is CCNCCC(=O)Nc1sc(CC)cc1C(=O)OCC. The van der Waals surface area contributed by atoms with Crippen LogP contribution in [0.5, 0.6) is 0 Å². The van der Waals surface area contributed by atoms with Gasteiger partial charge < -0.3 is 15.4 Å². The second kappa shape index (κ2) is 8.71. The number of nitrogens with one attached hydrogen (secondary N) is 2. The Morgan fingerprint density at radius 2 is 2.05 bits per heavy atom. The number of carbonyl (C=O) groups excluding carboxylic acids is 2. The Morgan fingerprint density at radius 1 is 1.30 bits per heavy atom. The summed E-state index contributed by atoms with van der Waals surface area (Å²) in [6.07, 6.45) is 1.21. The molecule has 1 rings (SSSR count).